The molecule has 0 aliphatic carbocycles. The molecule has 2 aromatic rings. The summed E-state index contributed by atoms with van der Waals surface area (Å²) in [5.41, 5.74) is 0.512. The van der Waals surface area contributed by atoms with Crippen molar-refractivity contribution < 1.29 is 9.53 Å². The van der Waals surface area contributed by atoms with Crippen LogP contribution in [0, 0.1) is 0 Å². The Balaban J connectivity index is 1.59. The van der Waals surface area contributed by atoms with Crippen LogP contribution < -0.4 is 4.74 Å². The summed E-state index contributed by atoms with van der Waals surface area (Å²) in [5.74, 6) is -0.00868. The lowest BCUT2D eigenvalue weighted by Gasteiger charge is -2.21. The number of hydrogen-bond acceptors (Lipinski definition) is 6. The zero-order valence-corrected chi connectivity index (χ0v) is 14.0. The first-order valence-corrected chi connectivity index (χ1v) is 8.54. The maximum absolute atomic E-state index is 12.6. The van der Waals surface area contributed by atoms with Crippen molar-refractivity contribution in [1.82, 2.24) is 19.8 Å². The van der Waals surface area contributed by atoms with E-state index in [4.69, 9.17) is 4.74 Å². The van der Waals surface area contributed by atoms with Crippen LogP contribution in [0.4, 0.5) is 0 Å². The van der Waals surface area contributed by atoms with Crippen LogP contribution >= 0.6 is 11.3 Å². The van der Waals surface area contributed by atoms with E-state index < -0.39 is 0 Å². The fourth-order valence-corrected chi connectivity index (χ4v) is 3.42. The van der Waals surface area contributed by atoms with E-state index in [1.807, 2.05) is 4.90 Å². The molecular formula is C16H20N4O2S. The van der Waals surface area contributed by atoms with Gasteiger partial charge in [0, 0.05) is 50.0 Å². The molecule has 3 heterocycles. The second kappa shape index (κ2) is 7.52. The molecule has 1 aliphatic heterocycles. The first-order chi connectivity index (χ1) is 11.3. The van der Waals surface area contributed by atoms with Gasteiger partial charge in [0.25, 0.3) is 5.91 Å². The van der Waals surface area contributed by atoms with Gasteiger partial charge in [0.05, 0.1) is 12.7 Å². The normalized spacial score (nSPS) is 16.1. The first kappa shape index (κ1) is 15.9. The number of carbonyl (C=O) groups is 1. The maximum Gasteiger partial charge on any atom is 0.316 e. The van der Waals surface area contributed by atoms with Gasteiger partial charge in [-0.05, 0) is 17.9 Å². The predicted octanol–water partition coefficient (Wildman–Crippen LogP) is 1.89. The maximum atomic E-state index is 12.6. The Morgan fingerprint density at radius 3 is 2.78 bits per heavy atom. The number of methoxy groups -OCH3 is 1. The minimum absolute atomic E-state index is 0.00868. The first-order valence-electron chi connectivity index (χ1n) is 7.66. The molecule has 23 heavy (non-hydrogen) atoms. The van der Waals surface area contributed by atoms with Gasteiger partial charge < -0.3 is 9.64 Å². The number of aromatic nitrogens is 2. The molecule has 0 N–H and O–H groups in total. The van der Waals surface area contributed by atoms with Crippen molar-refractivity contribution in [3.63, 3.8) is 0 Å². The van der Waals surface area contributed by atoms with E-state index in [2.05, 4.69) is 32.4 Å². The number of amides is 1. The third-order valence-electron chi connectivity index (χ3n) is 3.89. The Morgan fingerprint density at radius 1 is 1.26 bits per heavy atom. The van der Waals surface area contributed by atoms with E-state index in [0.717, 1.165) is 39.1 Å². The van der Waals surface area contributed by atoms with Crippen molar-refractivity contribution in [2.24, 2.45) is 0 Å². The smallest absolute Gasteiger partial charge is 0.316 e. The zero-order valence-electron chi connectivity index (χ0n) is 13.1. The number of thiophene rings is 1. The highest BCUT2D eigenvalue weighted by molar-refractivity contribution is 7.09. The van der Waals surface area contributed by atoms with E-state index in [1.165, 1.54) is 24.4 Å². The molecule has 1 amide bonds. The van der Waals surface area contributed by atoms with Gasteiger partial charge >= 0.3 is 6.01 Å². The van der Waals surface area contributed by atoms with Crippen molar-refractivity contribution in [1.29, 1.82) is 0 Å². The highest BCUT2D eigenvalue weighted by atomic mass is 32.1. The van der Waals surface area contributed by atoms with E-state index in [9.17, 15) is 4.79 Å². The molecule has 0 saturated carbocycles. The molecule has 3 rings (SSSR count). The quantitative estimate of drug-likeness (QED) is 0.856. The van der Waals surface area contributed by atoms with Crippen LogP contribution in [0.3, 0.4) is 0 Å². The fourth-order valence-electron chi connectivity index (χ4n) is 2.67. The molecule has 6 nitrogen and oxygen atoms in total. The number of nitrogens with zero attached hydrogens (tertiary/aromatic N) is 4. The number of hydrogen-bond donors (Lipinski definition) is 0. The molecule has 122 valence electrons. The van der Waals surface area contributed by atoms with Crippen molar-refractivity contribution in [3.05, 3.63) is 40.3 Å². The lowest BCUT2D eigenvalue weighted by Crippen LogP contribution is -2.35. The largest absolute Gasteiger partial charge is 0.467 e. The van der Waals surface area contributed by atoms with Crippen molar-refractivity contribution in [3.8, 4) is 6.01 Å². The molecule has 0 aromatic carbocycles. The van der Waals surface area contributed by atoms with Gasteiger partial charge in [-0.3, -0.25) is 9.69 Å². The third kappa shape index (κ3) is 4.05. The Morgan fingerprint density at radius 2 is 2.09 bits per heavy atom. The standard InChI is InChI=1S/C16H20N4O2S/c1-22-16-17-10-13(11-18-16)15(21)20-6-3-5-19(7-8-20)12-14-4-2-9-23-14/h2,4,9-11H,3,5-8,12H2,1H3. The van der Waals surface area contributed by atoms with Gasteiger partial charge in [-0.25, -0.2) is 9.97 Å². The SMILES string of the molecule is COc1ncc(C(=O)N2CCCN(Cc3cccs3)CC2)cn1. The molecule has 7 heteroatoms. The van der Waals surface area contributed by atoms with Crippen LogP contribution in [0.5, 0.6) is 6.01 Å². The minimum Gasteiger partial charge on any atom is -0.467 e. The zero-order chi connectivity index (χ0) is 16.1. The average molecular weight is 332 g/mol. The summed E-state index contributed by atoms with van der Waals surface area (Å²) < 4.78 is 4.93. The molecule has 2 aromatic heterocycles. The topological polar surface area (TPSA) is 58.6 Å². The summed E-state index contributed by atoms with van der Waals surface area (Å²) in [6.07, 6.45) is 4.04. The molecule has 0 atom stereocenters. The van der Waals surface area contributed by atoms with Crippen LogP contribution in [0.1, 0.15) is 21.7 Å². The second-order valence-corrected chi connectivity index (χ2v) is 6.49. The molecule has 1 fully saturated rings. The molecular weight excluding hydrogens is 312 g/mol. The highest BCUT2D eigenvalue weighted by Crippen LogP contribution is 2.15. The van der Waals surface area contributed by atoms with Gasteiger partial charge in [0.2, 0.25) is 0 Å². The van der Waals surface area contributed by atoms with E-state index >= 15 is 0 Å². The molecule has 1 aliphatic rings. The lowest BCUT2D eigenvalue weighted by molar-refractivity contribution is 0.0760. The van der Waals surface area contributed by atoms with E-state index in [0.29, 0.717) is 5.56 Å². The van der Waals surface area contributed by atoms with Gasteiger partial charge in [-0.15, -0.1) is 11.3 Å². The molecule has 1 saturated heterocycles. The number of ether oxygens (including phenoxy) is 1. The van der Waals surface area contributed by atoms with Crippen LogP contribution in [-0.4, -0.2) is 59.0 Å². The lowest BCUT2D eigenvalue weighted by atomic mass is 10.3. The number of rotatable bonds is 4. The van der Waals surface area contributed by atoms with Crippen LogP contribution in [-0.2, 0) is 6.54 Å². The van der Waals surface area contributed by atoms with Gasteiger partial charge in [0.15, 0.2) is 0 Å². The van der Waals surface area contributed by atoms with E-state index in [-0.39, 0.29) is 11.9 Å². The summed E-state index contributed by atoms with van der Waals surface area (Å²) in [4.78, 5) is 26.3. The average Bonchev–Trinajstić information content (AvgIpc) is 2.99. The van der Waals surface area contributed by atoms with Crippen LogP contribution in [0.25, 0.3) is 0 Å². The minimum atomic E-state index is -0.00868. The predicted molar refractivity (Wildman–Crippen MR) is 88.7 cm³/mol. The molecule has 0 bridgehead atoms. The summed E-state index contributed by atoms with van der Waals surface area (Å²) in [6, 6.07) is 4.52. The number of carbonyl (C=O) groups excluding carboxylic acids is 1. The Kier molecular flexibility index (Phi) is 5.19. The Bertz CT molecular complexity index is 630. The third-order valence-corrected chi connectivity index (χ3v) is 4.75. The van der Waals surface area contributed by atoms with Crippen molar-refractivity contribution in [2.45, 2.75) is 13.0 Å². The highest BCUT2D eigenvalue weighted by Gasteiger charge is 2.21. The van der Waals surface area contributed by atoms with Crippen molar-refractivity contribution in [2.75, 3.05) is 33.3 Å². The summed E-state index contributed by atoms with van der Waals surface area (Å²) >= 11 is 1.78. The fraction of sp³-hybridized carbons (Fsp3) is 0.438. The second-order valence-electron chi connectivity index (χ2n) is 5.46. The Hall–Kier alpha value is -1.99. The molecule has 0 spiro atoms. The van der Waals surface area contributed by atoms with Gasteiger partial charge in [-0.2, -0.15) is 0 Å². The summed E-state index contributed by atoms with van der Waals surface area (Å²) in [6.45, 7) is 4.37. The van der Waals surface area contributed by atoms with E-state index in [1.54, 1.807) is 11.3 Å². The molecule has 0 radical (unpaired) electrons. The van der Waals surface area contributed by atoms with Crippen LogP contribution in [0.2, 0.25) is 0 Å². The summed E-state index contributed by atoms with van der Waals surface area (Å²) in [7, 11) is 1.51. The van der Waals surface area contributed by atoms with Crippen molar-refractivity contribution >= 4 is 17.2 Å². The monoisotopic (exact) mass is 332 g/mol. The van der Waals surface area contributed by atoms with Gasteiger partial charge in [0.1, 0.15) is 0 Å². The molecule has 0 unspecified atom stereocenters. The summed E-state index contributed by atoms with van der Waals surface area (Å²) in [5, 5.41) is 2.10. The van der Waals surface area contributed by atoms with Crippen LogP contribution in [0.15, 0.2) is 29.9 Å². The Labute approximate surface area is 139 Å². The van der Waals surface area contributed by atoms with Gasteiger partial charge in [-0.1, -0.05) is 6.07 Å².